The van der Waals surface area contributed by atoms with Gasteiger partial charge in [0, 0.05) is 25.7 Å². The van der Waals surface area contributed by atoms with Gasteiger partial charge in [0.25, 0.3) is 5.91 Å². The highest BCUT2D eigenvalue weighted by atomic mass is 32.1. The van der Waals surface area contributed by atoms with E-state index >= 15 is 0 Å². The van der Waals surface area contributed by atoms with Gasteiger partial charge in [-0.3, -0.25) is 15.1 Å². The zero-order chi connectivity index (χ0) is 14.5. The molecule has 1 amide bonds. The third kappa shape index (κ3) is 3.58. The number of nitrogen functional groups attached to an aromatic ring is 1. The third-order valence-corrected chi connectivity index (χ3v) is 4.91. The van der Waals surface area contributed by atoms with Crippen LogP contribution in [0.15, 0.2) is 11.4 Å². The molecule has 1 fully saturated rings. The van der Waals surface area contributed by atoms with Gasteiger partial charge in [-0.25, -0.2) is 5.84 Å². The molecule has 0 aromatic carbocycles. The molecule has 1 aromatic heterocycles. The maximum absolute atomic E-state index is 11.8. The third-order valence-electron chi connectivity index (χ3n) is 3.95. The van der Waals surface area contributed by atoms with Crippen LogP contribution in [0.1, 0.15) is 35.0 Å². The molecular weight excluding hydrogens is 272 g/mol. The van der Waals surface area contributed by atoms with E-state index in [9.17, 15) is 4.79 Å². The van der Waals surface area contributed by atoms with E-state index in [1.165, 1.54) is 17.8 Å². The molecule has 0 radical (unpaired) electrons. The van der Waals surface area contributed by atoms with Gasteiger partial charge in [-0.05, 0) is 43.4 Å². The van der Waals surface area contributed by atoms with Crippen molar-refractivity contribution in [3.8, 4) is 0 Å². The summed E-state index contributed by atoms with van der Waals surface area (Å²) in [6.07, 6.45) is 2.31. The van der Waals surface area contributed by atoms with Crippen LogP contribution in [0.3, 0.4) is 0 Å². The molecular formula is C14H24N4OS. The predicted molar refractivity (Wildman–Crippen MR) is 82.6 cm³/mol. The van der Waals surface area contributed by atoms with E-state index in [1.54, 1.807) is 0 Å². The lowest BCUT2D eigenvalue weighted by molar-refractivity contribution is 0.0954. The number of carbonyl (C=O) groups is 1. The lowest BCUT2D eigenvalue weighted by Crippen LogP contribution is -2.39. The molecule has 3 N–H and O–H groups in total. The first-order valence-corrected chi connectivity index (χ1v) is 8.03. The minimum atomic E-state index is -0.185. The van der Waals surface area contributed by atoms with Crippen molar-refractivity contribution in [3.05, 3.63) is 21.9 Å². The first kappa shape index (κ1) is 15.4. The average molecular weight is 296 g/mol. The van der Waals surface area contributed by atoms with Crippen LogP contribution in [0.4, 0.5) is 0 Å². The molecule has 1 aliphatic heterocycles. The number of nitrogens with zero attached hydrogens (tertiary/aromatic N) is 2. The number of likely N-dealkylation sites (N-methyl/N-ethyl adjacent to an activating group) is 1. The SMILES string of the molecule is CCC1CN(C)CCCN1Cc1ccsc1C(=O)NN. The second-order valence-corrected chi connectivity index (χ2v) is 6.31. The molecule has 1 atom stereocenters. The van der Waals surface area contributed by atoms with Crippen molar-refractivity contribution in [2.75, 3.05) is 26.7 Å². The Balaban J connectivity index is 2.11. The topological polar surface area (TPSA) is 61.6 Å². The summed E-state index contributed by atoms with van der Waals surface area (Å²) in [6, 6.07) is 2.59. The largest absolute Gasteiger partial charge is 0.305 e. The summed E-state index contributed by atoms with van der Waals surface area (Å²) >= 11 is 1.46. The number of thiophene rings is 1. The minimum absolute atomic E-state index is 0.185. The van der Waals surface area contributed by atoms with Crippen LogP contribution < -0.4 is 11.3 Å². The van der Waals surface area contributed by atoms with Crippen LogP contribution in [0, 0.1) is 0 Å². The van der Waals surface area contributed by atoms with Crippen molar-refractivity contribution in [2.45, 2.75) is 32.4 Å². The number of amides is 1. The van der Waals surface area contributed by atoms with Gasteiger partial charge in [-0.2, -0.15) is 0 Å². The van der Waals surface area contributed by atoms with Crippen molar-refractivity contribution in [3.63, 3.8) is 0 Å². The lowest BCUT2D eigenvalue weighted by Gasteiger charge is -2.30. The average Bonchev–Trinajstić information content (AvgIpc) is 2.83. The highest BCUT2D eigenvalue weighted by Gasteiger charge is 2.23. The van der Waals surface area contributed by atoms with Crippen molar-refractivity contribution < 1.29 is 4.79 Å². The highest BCUT2D eigenvalue weighted by Crippen LogP contribution is 2.21. The summed E-state index contributed by atoms with van der Waals surface area (Å²) in [4.78, 5) is 17.4. The fourth-order valence-corrected chi connectivity index (χ4v) is 3.65. The van der Waals surface area contributed by atoms with E-state index in [-0.39, 0.29) is 5.91 Å². The second kappa shape index (κ2) is 7.17. The zero-order valence-electron chi connectivity index (χ0n) is 12.3. The fourth-order valence-electron chi connectivity index (χ4n) is 2.83. The van der Waals surface area contributed by atoms with Crippen molar-refractivity contribution in [2.24, 2.45) is 5.84 Å². The summed E-state index contributed by atoms with van der Waals surface area (Å²) in [6.45, 7) is 6.39. The molecule has 2 heterocycles. The van der Waals surface area contributed by atoms with Gasteiger partial charge in [0.05, 0.1) is 4.88 Å². The van der Waals surface area contributed by atoms with E-state index in [4.69, 9.17) is 5.84 Å². The standard InChI is InChI=1S/C14H24N4OS/c1-3-12-10-17(2)6-4-7-18(12)9-11-5-8-20-13(11)14(19)16-15/h5,8,12H,3-4,6-7,9-10,15H2,1-2H3,(H,16,19). The van der Waals surface area contributed by atoms with Crippen LogP contribution in [0.25, 0.3) is 0 Å². The summed E-state index contributed by atoms with van der Waals surface area (Å²) in [5.41, 5.74) is 3.32. The molecule has 5 nitrogen and oxygen atoms in total. The normalized spacial score (nSPS) is 21.6. The Morgan fingerprint density at radius 1 is 1.55 bits per heavy atom. The molecule has 0 saturated carbocycles. The number of nitrogens with two attached hydrogens (primary N) is 1. The molecule has 6 heteroatoms. The molecule has 1 saturated heterocycles. The first-order chi connectivity index (χ1) is 9.65. The van der Waals surface area contributed by atoms with Gasteiger partial charge in [0.2, 0.25) is 0 Å². The van der Waals surface area contributed by atoms with E-state index in [0.29, 0.717) is 6.04 Å². The summed E-state index contributed by atoms with van der Waals surface area (Å²) < 4.78 is 0. The quantitative estimate of drug-likeness (QED) is 0.499. The molecule has 1 aliphatic rings. The van der Waals surface area contributed by atoms with Crippen LogP contribution in [-0.2, 0) is 6.54 Å². The number of carbonyl (C=O) groups excluding carboxylic acids is 1. The molecule has 0 bridgehead atoms. The number of nitrogens with one attached hydrogen (secondary N) is 1. The Labute approximate surface area is 124 Å². The molecule has 0 spiro atoms. The number of hydrogen-bond donors (Lipinski definition) is 2. The first-order valence-electron chi connectivity index (χ1n) is 7.15. The van der Waals surface area contributed by atoms with Crippen LogP contribution in [0.5, 0.6) is 0 Å². The van der Waals surface area contributed by atoms with E-state index in [1.807, 2.05) is 11.4 Å². The smallest absolute Gasteiger partial charge is 0.275 e. The Morgan fingerprint density at radius 2 is 2.35 bits per heavy atom. The lowest BCUT2D eigenvalue weighted by atomic mass is 10.1. The Kier molecular flexibility index (Phi) is 5.54. The van der Waals surface area contributed by atoms with Crippen molar-refractivity contribution in [1.82, 2.24) is 15.2 Å². The maximum Gasteiger partial charge on any atom is 0.275 e. The van der Waals surface area contributed by atoms with Gasteiger partial charge in [0.15, 0.2) is 0 Å². The van der Waals surface area contributed by atoms with Crippen LogP contribution in [-0.4, -0.2) is 48.4 Å². The van der Waals surface area contributed by atoms with Crippen LogP contribution >= 0.6 is 11.3 Å². The van der Waals surface area contributed by atoms with E-state index < -0.39 is 0 Å². The van der Waals surface area contributed by atoms with Gasteiger partial charge >= 0.3 is 0 Å². The fraction of sp³-hybridized carbons (Fsp3) is 0.643. The predicted octanol–water partition coefficient (Wildman–Crippen LogP) is 1.27. The number of rotatable bonds is 4. The van der Waals surface area contributed by atoms with Crippen molar-refractivity contribution in [1.29, 1.82) is 0 Å². The molecule has 0 aliphatic carbocycles. The Bertz CT molecular complexity index is 448. The minimum Gasteiger partial charge on any atom is -0.305 e. The molecule has 1 unspecified atom stereocenters. The van der Waals surface area contributed by atoms with Crippen LogP contribution in [0.2, 0.25) is 0 Å². The van der Waals surface area contributed by atoms with E-state index in [2.05, 4.69) is 29.2 Å². The molecule has 112 valence electrons. The maximum atomic E-state index is 11.8. The van der Waals surface area contributed by atoms with Gasteiger partial charge in [-0.1, -0.05) is 6.92 Å². The highest BCUT2D eigenvalue weighted by molar-refractivity contribution is 7.12. The molecule has 20 heavy (non-hydrogen) atoms. The van der Waals surface area contributed by atoms with E-state index in [0.717, 1.165) is 43.0 Å². The van der Waals surface area contributed by atoms with Gasteiger partial charge in [0.1, 0.15) is 0 Å². The number of hydrogen-bond acceptors (Lipinski definition) is 5. The molecule has 1 aromatic rings. The molecule has 2 rings (SSSR count). The Morgan fingerprint density at radius 3 is 3.05 bits per heavy atom. The summed E-state index contributed by atoms with van der Waals surface area (Å²) in [5.74, 6) is 5.06. The Hall–Kier alpha value is -0.950. The summed E-state index contributed by atoms with van der Waals surface area (Å²) in [5, 5.41) is 1.96. The van der Waals surface area contributed by atoms with Gasteiger partial charge < -0.3 is 4.90 Å². The zero-order valence-corrected chi connectivity index (χ0v) is 13.1. The monoisotopic (exact) mass is 296 g/mol. The second-order valence-electron chi connectivity index (χ2n) is 5.40. The van der Waals surface area contributed by atoms with Gasteiger partial charge in [-0.15, -0.1) is 11.3 Å². The summed E-state index contributed by atoms with van der Waals surface area (Å²) in [7, 11) is 2.18. The number of hydrazine groups is 1. The van der Waals surface area contributed by atoms with Crippen molar-refractivity contribution >= 4 is 17.2 Å².